The summed E-state index contributed by atoms with van der Waals surface area (Å²) < 4.78 is 0. The van der Waals surface area contributed by atoms with E-state index in [9.17, 15) is 4.79 Å². The smallest absolute Gasteiger partial charge is 0.306 e. The van der Waals surface area contributed by atoms with Crippen molar-refractivity contribution in [1.29, 1.82) is 0 Å². The Labute approximate surface area is 124 Å². The van der Waals surface area contributed by atoms with Crippen LogP contribution >= 0.6 is 0 Å². The number of carboxylic acids is 1. The van der Waals surface area contributed by atoms with Crippen LogP contribution in [-0.4, -0.2) is 11.1 Å². The summed E-state index contributed by atoms with van der Waals surface area (Å²) in [5.74, 6) is 1.92. The van der Waals surface area contributed by atoms with Gasteiger partial charge in [0.25, 0.3) is 0 Å². The lowest BCUT2D eigenvalue weighted by molar-refractivity contribution is -0.144. The Balaban J connectivity index is 1.66. The molecule has 0 aromatic heterocycles. The Morgan fingerprint density at radius 1 is 0.950 bits per heavy atom. The van der Waals surface area contributed by atoms with Gasteiger partial charge in [0.15, 0.2) is 0 Å². The molecule has 0 aromatic rings. The summed E-state index contributed by atoms with van der Waals surface area (Å²) in [5, 5.41) is 9.17. The van der Waals surface area contributed by atoms with E-state index in [4.69, 9.17) is 5.11 Å². The minimum absolute atomic E-state index is 0.0400. The molecule has 2 aliphatic carbocycles. The van der Waals surface area contributed by atoms with Gasteiger partial charge < -0.3 is 5.11 Å². The zero-order valence-electron chi connectivity index (χ0n) is 13.2. The molecule has 0 spiro atoms. The number of aliphatic carboxylic acids is 1. The van der Waals surface area contributed by atoms with Crippen molar-refractivity contribution in [3.63, 3.8) is 0 Å². The molecular formula is C18H32O2. The third-order valence-electron chi connectivity index (χ3n) is 5.79. The van der Waals surface area contributed by atoms with Crippen LogP contribution in [0.15, 0.2) is 0 Å². The van der Waals surface area contributed by atoms with E-state index >= 15 is 0 Å². The molecular weight excluding hydrogens is 248 g/mol. The van der Waals surface area contributed by atoms with Crippen LogP contribution in [0.3, 0.4) is 0 Å². The molecule has 2 heteroatoms. The summed E-state index contributed by atoms with van der Waals surface area (Å²) in [4.78, 5) is 11.1. The molecule has 2 aliphatic rings. The number of hydrogen-bond acceptors (Lipinski definition) is 1. The topological polar surface area (TPSA) is 37.3 Å². The van der Waals surface area contributed by atoms with E-state index in [2.05, 4.69) is 6.92 Å². The highest BCUT2D eigenvalue weighted by Gasteiger charge is 2.37. The maximum absolute atomic E-state index is 11.1. The highest BCUT2D eigenvalue weighted by molar-refractivity contribution is 5.70. The summed E-state index contributed by atoms with van der Waals surface area (Å²) >= 11 is 0. The number of rotatable bonds is 7. The lowest BCUT2D eigenvalue weighted by Gasteiger charge is -2.41. The molecule has 1 N–H and O–H groups in total. The third-order valence-corrected chi connectivity index (χ3v) is 5.79. The van der Waals surface area contributed by atoms with Crippen molar-refractivity contribution in [2.75, 3.05) is 0 Å². The molecule has 20 heavy (non-hydrogen) atoms. The summed E-state index contributed by atoms with van der Waals surface area (Å²) in [6.45, 7) is 2.27. The van der Waals surface area contributed by atoms with Crippen molar-refractivity contribution in [3.05, 3.63) is 0 Å². The van der Waals surface area contributed by atoms with Gasteiger partial charge in [-0.15, -0.1) is 0 Å². The average molecular weight is 280 g/mol. The quantitative estimate of drug-likeness (QED) is 0.645. The van der Waals surface area contributed by atoms with Gasteiger partial charge in [-0.3, -0.25) is 4.79 Å². The van der Waals surface area contributed by atoms with Gasteiger partial charge in [0.05, 0.1) is 5.92 Å². The van der Waals surface area contributed by atoms with Gasteiger partial charge in [-0.2, -0.15) is 0 Å². The Morgan fingerprint density at radius 3 is 2.40 bits per heavy atom. The molecule has 2 saturated carbocycles. The second-order valence-corrected chi connectivity index (χ2v) is 7.25. The van der Waals surface area contributed by atoms with Gasteiger partial charge in [-0.05, 0) is 49.9 Å². The SMILES string of the molecule is CCCCCCC[C@@H]1CC[C@@H]2C[C@H](C(=O)O)CC[C@@H]2C1. The van der Waals surface area contributed by atoms with E-state index in [1.807, 2.05) is 0 Å². The molecule has 0 aliphatic heterocycles. The van der Waals surface area contributed by atoms with E-state index in [0.717, 1.165) is 30.6 Å². The van der Waals surface area contributed by atoms with Crippen LogP contribution in [0.2, 0.25) is 0 Å². The van der Waals surface area contributed by atoms with Crippen LogP contribution in [0.25, 0.3) is 0 Å². The molecule has 4 atom stereocenters. The number of fused-ring (bicyclic) bond motifs is 1. The van der Waals surface area contributed by atoms with Crippen LogP contribution < -0.4 is 0 Å². The molecule has 116 valence electrons. The van der Waals surface area contributed by atoms with Crippen LogP contribution in [-0.2, 0) is 4.79 Å². The summed E-state index contributed by atoms with van der Waals surface area (Å²) in [6, 6.07) is 0. The standard InChI is InChI=1S/C18H32O2/c1-2-3-4-5-6-7-14-8-9-16-13-17(18(19)20)11-10-15(16)12-14/h14-17H,2-13H2,1H3,(H,19,20)/t14-,15-,16-,17-/m1/s1. The molecule has 2 fully saturated rings. The van der Waals surface area contributed by atoms with Gasteiger partial charge in [-0.1, -0.05) is 51.9 Å². The van der Waals surface area contributed by atoms with E-state index < -0.39 is 5.97 Å². The van der Waals surface area contributed by atoms with Crippen molar-refractivity contribution in [1.82, 2.24) is 0 Å². The van der Waals surface area contributed by atoms with Crippen molar-refractivity contribution in [3.8, 4) is 0 Å². The Hall–Kier alpha value is -0.530. The number of hydrogen-bond donors (Lipinski definition) is 1. The fourth-order valence-corrected chi connectivity index (χ4v) is 4.51. The average Bonchev–Trinajstić information content (AvgIpc) is 2.46. The minimum atomic E-state index is -0.554. The van der Waals surface area contributed by atoms with Crippen molar-refractivity contribution >= 4 is 5.97 Å². The van der Waals surface area contributed by atoms with Crippen LogP contribution in [0, 0.1) is 23.7 Å². The van der Waals surface area contributed by atoms with E-state index in [1.54, 1.807) is 0 Å². The summed E-state index contributed by atoms with van der Waals surface area (Å²) in [5.41, 5.74) is 0. The lowest BCUT2D eigenvalue weighted by atomic mass is 9.64. The van der Waals surface area contributed by atoms with Gasteiger partial charge in [-0.25, -0.2) is 0 Å². The van der Waals surface area contributed by atoms with Crippen molar-refractivity contribution in [2.24, 2.45) is 23.7 Å². The predicted molar refractivity (Wildman–Crippen MR) is 82.7 cm³/mol. The zero-order chi connectivity index (χ0) is 14.4. The first-order chi connectivity index (χ1) is 9.70. The second kappa shape index (κ2) is 8.05. The summed E-state index contributed by atoms with van der Waals surface area (Å²) in [6.07, 6.45) is 15.5. The highest BCUT2D eigenvalue weighted by Crippen LogP contribution is 2.45. The zero-order valence-corrected chi connectivity index (χ0v) is 13.2. The van der Waals surface area contributed by atoms with E-state index in [0.29, 0.717) is 0 Å². The maximum Gasteiger partial charge on any atom is 0.306 e. The van der Waals surface area contributed by atoms with Gasteiger partial charge in [0.2, 0.25) is 0 Å². The first kappa shape index (κ1) is 15.9. The molecule has 2 nitrogen and oxygen atoms in total. The summed E-state index contributed by atoms with van der Waals surface area (Å²) in [7, 11) is 0. The Bertz CT molecular complexity index is 300. The van der Waals surface area contributed by atoms with Gasteiger partial charge in [0.1, 0.15) is 0 Å². The largest absolute Gasteiger partial charge is 0.481 e. The minimum Gasteiger partial charge on any atom is -0.481 e. The van der Waals surface area contributed by atoms with Crippen LogP contribution in [0.1, 0.15) is 84.0 Å². The molecule has 0 radical (unpaired) electrons. The van der Waals surface area contributed by atoms with Crippen LogP contribution in [0.5, 0.6) is 0 Å². The Kier molecular flexibility index (Phi) is 6.38. The molecule has 0 saturated heterocycles. The number of carboxylic acid groups (broad SMARTS) is 1. The van der Waals surface area contributed by atoms with Gasteiger partial charge in [0, 0.05) is 0 Å². The maximum atomic E-state index is 11.1. The third kappa shape index (κ3) is 4.49. The molecule has 0 amide bonds. The highest BCUT2D eigenvalue weighted by atomic mass is 16.4. The molecule has 0 heterocycles. The monoisotopic (exact) mass is 280 g/mol. The first-order valence-corrected chi connectivity index (χ1v) is 8.93. The molecule has 0 aromatic carbocycles. The predicted octanol–water partition coefficient (Wildman–Crippen LogP) is 5.26. The molecule has 0 unspecified atom stereocenters. The van der Waals surface area contributed by atoms with E-state index in [-0.39, 0.29) is 5.92 Å². The molecule has 2 rings (SSSR count). The fraction of sp³-hybridized carbons (Fsp3) is 0.944. The normalized spacial score (nSPS) is 33.6. The second-order valence-electron chi connectivity index (χ2n) is 7.25. The fourth-order valence-electron chi connectivity index (χ4n) is 4.51. The van der Waals surface area contributed by atoms with E-state index in [1.165, 1.54) is 64.2 Å². The van der Waals surface area contributed by atoms with Crippen molar-refractivity contribution < 1.29 is 9.90 Å². The molecule has 0 bridgehead atoms. The number of carbonyl (C=O) groups is 1. The first-order valence-electron chi connectivity index (χ1n) is 8.93. The van der Waals surface area contributed by atoms with Crippen LogP contribution in [0.4, 0.5) is 0 Å². The van der Waals surface area contributed by atoms with Crippen molar-refractivity contribution in [2.45, 2.75) is 84.0 Å². The van der Waals surface area contributed by atoms with Gasteiger partial charge >= 0.3 is 5.97 Å². The lowest BCUT2D eigenvalue weighted by Crippen LogP contribution is -2.33. The number of unbranched alkanes of at least 4 members (excludes halogenated alkanes) is 4. The Morgan fingerprint density at radius 2 is 1.65 bits per heavy atom.